The lowest BCUT2D eigenvalue weighted by molar-refractivity contribution is 0.329. The Morgan fingerprint density at radius 3 is 1.75 bits per heavy atom. The maximum Gasteiger partial charge on any atom is 0.243 e. The zero-order chi connectivity index (χ0) is 22.8. The van der Waals surface area contributed by atoms with Crippen molar-refractivity contribution in [3.63, 3.8) is 0 Å². The van der Waals surface area contributed by atoms with E-state index < -0.39 is 20.0 Å². The van der Waals surface area contributed by atoms with E-state index in [4.69, 9.17) is 0 Å². The Bertz CT molecular complexity index is 1130. The number of nitrogens with one attached hydrogen (secondary N) is 1. The van der Waals surface area contributed by atoms with Gasteiger partial charge in [-0.3, -0.25) is 0 Å². The number of anilines is 1. The summed E-state index contributed by atoms with van der Waals surface area (Å²) < 4.78 is 54.9. The Morgan fingerprint density at radius 1 is 0.719 bits per heavy atom. The summed E-state index contributed by atoms with van der Waals surface area (Å²) in [5.41, 5.74) is 2.25. The van der Waals surface area contributed by atoms with Gasteiger partial charge in [0.2, 0.25) is 20.0 Å². The van der Waals surface area contributed by atoms with Crippen LogP contribution in [0.3, 0.4) is 0 Å². The molecule has 0 unspecified atom stereocenters. The molecule has 0 aromatic heterocycles. The Balaban J connectivity index is 1.41. The molecule has 2 aliphatic rings. The van der Waals surface area contributed by atoms with E-state index >= 15 is 0 Å². The van der Waals surface area contributed by atoms with Crippen molar-refractivity contribution in [2.24, 2.45) is 0 Å². The van der Waals surface area contributed by atoms with Crippen LogP contribution in [0.25, 0.3) is 0 Å². The summed E-state index contributed by atoms with van der Waals surface area (Å²) in [6, 6.07) is 14.0. The smallest absolute Gasteiger partial charge is 0.243 e. The molecule has 9 heteroatoms. The van der Waals surface area contributed by atoms with Crippen molar-refractivity contribution in [1.82, 2.24) is 8.61 Å². The van der Waals surface area contributed by atoms with E-state index in [0.717, 1.165) is 37.8 Å². The Kier molecular flexibility index (Phi) is 6.90. The van der Waals surface area contributed by atoms with E-state index in [2.05, 4.69) is 18.3 Å². The SMILES string of the molecule is Cc1ccccc1NC1CCN(S(=O)(=O)c2ccc(S(=O)(=O)N3CCCCC3)cc2)CC1. The van der Waals surface area contributed by atoms with Gasteiger partial charge in [-0.2, -0.15) is 8.61 Å². The molecule has 0 saturated carbocycles. The van der Waals surface area contributed by atoms with E-state index in [-0.39, 0.29) is 15.8 Å². The number of nitrogens with zero attached hydrogens (tertiary/aromatic N) is 2. The van der Waals surface area contributed by atoms with Crippen LogP contribution in [0.5, 0.6) is 0 Å². The molecule has 2 heterocycles. The molecule has 7 nitrogen and oxygen atoms in total. The van der Waals surface area contributed by atoms with E-state index in [1.54, 1.807) is 0 Å². The van der Waals surface area contributed by atoms with Crippen LogP contribution in [0.2, 0.25) is 0 Å². The highest BCUT2D eigenvalue weighted by Gasteiger charge is 2.31. The zero-order valence-electron chi connectivity index (χ0n) is 18.4. The predicted octanol–water partition coefficient (Wildman–Crippen LogP) is 3.43. The van der Waals surface area contributed by atoms with Crippen LogP contribution in [0.1, 0.15) is 37.7 Å². The molecular weight excluding hydrogens is 446 g/mol. The molecule has 0 spiro atoms. The third kappa shape index (κ3) is 4.85. The summed E-state index contributed by atoms with van der Waals surface area (Å²) in [5.74, 6) is 0. The number of piperidine rings is 2. The molecule has 0 radical (unpaired) electrons. The number of aryl methyl sites for hydroxylation is 1. The van der Waals surface area contributed by atoms with Crippen LogP contribution in [0.15, 0.2) is 58.3 Å². The van der Waals surface area contributed by atoms with Crippen LogP contribution in [-0.2, 0) is 20.0 Å². The minimum Gasteiger partial charge on any atom is -0.382 e. The van der Waals surface area contributed by atoms with Crippen LogP contribution < -0.4 is 5.32 Å². The normalized spacial score (nSPS) is 19.7. The van der Waals surface area contributed by atoms with Gasteiger partial charge in [0, 0.05) is 37.9 Å². The molecule has 2 saturated heterocycles. The number of rotatable bonds is 6. The lowest BCUT2D eigenvalue weighted by atomic mass is 10.1. The minimum absolute atomic E-state index is 0.139. The van der Waals surface area contributed by atoms with Gasteiger partial charge in [-0.15, -0.1) is 0 Å². The number of para-hydroxylation sites is 1. The van der Waals surface area contributed by atoms with E-state index in [1.165, 1.54) is 38.4 Å². The fraction of sp³-hybridized carbons (Fsp3) is 0.478. The van der Waals surface area contributed by atoms with Gasteiger partial charge < -0.3 is 5.32 Å². The average molecular weight is 478 g/mol. The van der Waals surface area contributed by atoms with E-state index in [1.807, 2.05) is 18.2 Å². The molecule has 1 N–H and O–H groups in total. The Morgan fingerprint density at radius 2 is 1.22 bits per heavy atom. The van der Waals surface area contributed by atoms with Crippen molar-refractivity contribution < 1.29 is 16.8 Å². The monoisotopic (exact) mass is 477 g/mol. The van der Waals surface area contributed by atoms with Crippen molar-refractivity contribution in [3.8, 4) is 0 Å². The number of sulfonamides is 2. The van der Waals surface area contributed by atoms with Crippen LogP contribution in [-0.4, -0.2) is 57.7 Å². The van der Waals surface area contributed by atoms with Crippen LogP contribution in [0, 0.1) is 6.92 Å². The largest absolute Gasteiger partial charge is 0.382 e. The first kappa shape index (κ1) is 23.2. The fourth-order valence-corrected chi connectivity index (χ4v) is 7.37. The second-order valence-corrected chi connectivity index (χ2v) is 12.4. The van der Waals surface area contributed by atoms with Crippen molar-refractivity contribution >= 4 is 25.7 Å². The third-order valence-corrected chi connectivity index (χ3v) is 10.2. The summed E-state index contributed by atoms with van der Waals surface area (Å²) in [5, 5.41) is 3.52. The van der Waals surface area contributed by atoms with Gasteiger partial charge in [-0.05, 0) is 68.5 Å². The molecule has 0 bridgehead atoms. The highest BCUT2D eigenvalue weighted by Crippen LogP contribution is 2.26. The summed E-state index contributed by atoms with van der Waals surface area (Å²) in [6.45, 7) is 3.96. The first-order chi connectivity index (χ1) is 15.3. The summed E-state index contributed by atoms with van der Waals surface area (Å²) in [6.07, 6.45) is 4.20. The topological polar surface area (TPSA) is 86.8 Å². The van der Waals surface area contributed by atoms with Crippen molar-refractivity contribution in [2.75, 3.05) is 31.5 Å². The first-order valence-corrected chi connectivity index (χ1v) is 14.1. The molecule has 0 aliphatic carbocycles. The molecule has 2 aliphatic heterocycles. The van der Waals surface area contributed by atoms with Gasteiger partial charge in [-0.1, -0.05) is 24.6 Å². The molecule has 4 rings (SSSR count). The second-order valence-electron chi connectivity index (χ2n) is 8.57. The lowest BCUT2D eigenvalue weighted by Crippen LogP contribution is -2.42. The fourth-order valence-electron chi connectivity index (χ4n) is 4.38. The highest BCUT2D eigenvalue weighted by atomic mass is 32.2. The van der Waals surface area contributed by atoms with Gasteiger partial charge >= 0.3 is 0 Å². The van der Waals surface area contributed by atoms with Gasteiger partial charge in [0.05, 0.1) is 9.79 Å². The molecule has 174 valence electrons. The summed E-state index contributed by atoms with van der Waals surface area (Å²) in [4.78, 5) is 0.292. The zero-order valence-corrected chi connectivity index (χ0v) is 20.0. The molecule has 2 aromatic carbocycles. The summed E-state index contributed by atoms with van der Waals surface area (Å²) >= 11 is 0. The standard InChI is InChI=1S/C23H31N3O4S2/c1-19-7-3-4-8-23(19)24-20-13-17-26(18-14-20)32(29,30)22-11-9-21(10-12-22)31(27,28)25-15-5-2-6-16-25/h3-4,7-12,20,24H,2,5-6,13-18H2,1H3. The minimum atomic E-state index is -3.66. The molecule has 2 fully saturated rings. The van der Waals surface area contributed by atoms with Gasteiger partial charge in [0.25, 0.3) is 0 Å². The van der Waals surface area contributed by atoms with E-state index in [0.29, 0.717) is 26.2 Å². The first-order valence-electron chi connectivity index (χ1n) is 11.2. The van der Waals surface area contributed by atoms with Crippen molar-refractivity contribution in [2.45, 2.75) is 54.9 Å². The van der Waals surface area contributed by atoms with Gasteiger partial charge in [0.1, 0.15) is 0 Å². The molecule has 0 amide bonds. The van der Waals surface area contributed by atoms with Crippen LogP contribution >= 0.6 is 0 Å². The summed E-state index contributed by atoms with van der Waals surface area (Å²) in [7, 11) is -7.23. The van der Waals surface area contributed by atoms with Gasteiger partial charge in [-0.25, -0.2) is 16.8 Å². The molecular formula is C23H31N3O4S2. The Hall–Kier alpha value is -1.94. The van der Waals surface area contributed by atoms with Crippen molar-refractivity contribution in [3.05, 3.63) is 54.1 Å². The van der Waals surface area contributed by atoms with Gasteiger partial charge in [0.15, 0.2) is 0 Å². The maximum absolute atomic E-state index is 13.1. The van der Waals surface area contributed by atoms with E-state index in [9.17, 15) is 16.8 Å². The quantitative estimate of drug-likeness (QED) is 0.689. The number of hydrogen-bond donors (Lipinski definition) is 1. The van der Waals surface area contributed by atoms with Crippen molar-refractivity contribution in [1.29, 1.82) is 0 Å². The third-order valence-electron chi connectivity index (χ3n) is 6.37. The molecule has 0 atom stereocenters. The maximum atomic E-state index is 13.1. The average Bonchev–Trinajstić information content (AvgIpc) is 2.81. The molecule has 2 aromatic rings. The second kappa shape index (κ2) is 9.51. The predicted molar refractivity (Wildman–Crippen MR) is 126 cm³/mol. The number of benzene rings is 2. The number of hydrogen-bond acceptors (Lipinski definition) is 5. The lowest BCUT2D eigenvalue weighted by Gasteiger charge is -2.32. The molecule has 32 heavy (non-hydrogen) atoms. The Labute approximate surface area is 191 Å². The van der Waals surface area contributed by atoms with Crippen LogP contribution in [0.4, 0.5) is 5.69 Å². The highest BCUT2D eigenvalue weighted by molar-refractivity contribution is 7.89.